The third-order valence-corrected chi connectivity index (χ3v) is 8.21. The summed E-state index contributed by atoms with van der Waals surface area (Å²) in [6.07, 6.45) is 6.47. The Labute approximate surface area is 184 Å². The number of benzene rings is 1. The molecule has 3 heterocycles. The summed E-state index contributed by atoms with van der Waals surface area (Å²) >= 11 is 3.04. The van der Waals surface area contributed by atoms with Crippen LogP contribution < -0.4 is 5.56 Å². The topological polar surface area (TPSA) is 55.2 Å². The number of fused-ring (bicyclic) bond motifs is 3. The molecule has 1 saturated heterocycles. The van der Waals surface area contributed by atoms with Crippen molar-refractivity contribution in [3.8, 4) is 5.69 Å². The van der Waals surface area contributed by atoms with Crippen LogP contribution in [-0.2, 0) is 17.6 Å². The van der Waals surface area contributed by atoms with Gasteiger partial charge in [-0.2, -0.15) is 0 Å². The molecule has 1 aliphatic carbocycles. The number of para-hydroxylation sites is 1. The molecule has 0 N–H and O–H groups in total. The van der Waals surface area contributed by atoms with Gasteiger partial charge in [0.2, 0.25) is 5.91 Å². The second kappa shape index (κ2) is 8.19. The number of hydrogen-bond donors (Lipinski definition) is 0. The first-order chi connectivity index (χ1) is 14.6. The van der Waals surface area contributed by atoms with Crippen LogP contribution in [0.4, 0.5) is 0 Å². The molecular formula is C23H25N3O2S2. The molecule has 3 aromatic rings. The molecule has 0 radical (unpaired) electrons. The molecule has 0 bridgehead atoms. The molecule has 7 heteroatoms. The van der Waals surface area contributed by atoms with Gasteiger partial charge in [0.15, 0.2) is 5.16 Å². The number of thioether (sulfide) groups is 1. The van der Waals surface area contributed by atoms with E-state index in [1.165, 1.54) is 28.6 Å². The van der Waals surface area contributed by atoms with Crippen molar-refractivity contribution < 1.29 is 4.79 Å². The summed E-state index contributed by atoms with van der Waals surface area (Å²) in [5.41, 5.74) is 3.07. The zero-order valence-electron chi connectivity index (χ0n) is 17.1. The van der Waals surface area contributed by atoms with Crippen LogP contribution >= 0.6 is 23.1 Å². The Balaban J connectivity index is 1.58. The van der Waals surface area contributed by atoms with E-state index in [1.807, 2.05) is 36.1 Å². The molecule has 5 rings (SSSR count). The Kier molecular flexibility index (Phi) is 5.41. The molecule has 156 valence electrons. The number of hydrogen-bond acceptors (Lipinski definition) is 5. The highest BCUT2D eigenvalue weighted by molar-refractivity contribution is 7.99. The smallest absolute Gasteiger partial charge is 0.267 e. The van der Waals surface area contributed by atoms with Crippen molar-refractivity contribution in [2.45, 2.75) is 50.6 Å². The Bertz CT molecular complexity index is 1180. The minimum Gasteiger partial charge on any atom is -0.342 e. The van der Waals surface area contributed by atoms with Crippen LogP contribution in [0.2, 0.25) is 0 Å². The van der Waals surface area contributed by atoms with E-state index < -0.39 is 0 Å². The minimum absolute atomic E-state index is 0.00150. The monoisotopic (exact) mass is 439 g/mol. The number of carbonyl (C=O) groups is 1. The fourth-order valence-corrected chi connectivity index (χ4v) is 6.72. The molecule has 1 amide bonds. The Morgan fingerprint density at radius 2 is 1.93 bits per heavy atom. The fourth-order valence-electron chi connectivity index (χ4n) is 4.51. The summed E-state index contributed by atoms with van der Waals surface area (Å²) in [5.74, 6) is 0.452. The van der Waals surface area contributed by atoms with E-state index >= 15 is 0 Å². The third-order valence-electron chi connectivity index (χ3n) is 6.10. The molecular weight excluding hydrogens is 414 g/mol. The third kappa shape index (κ3) is 3.48. The summed E-state index contributed by atoms with van der Waals surface area (Å²) in [5, 5.41) is 1.40. The number of likely N-dealkylation sites (tertiary alicyclic amines) is 1. The van der Waals surface area contributed by atoms with Crippen LogP contribution in [0.25, 0.3) is 15.9 Å². The zero-order valence-corrected chi connectivity index (χ0v) is 18.8. The maximum Gasteiger partial charge on any atom is 0.267 e. The lowest BCUT2D eigenvalue weighted by atomic mass is 10.1. The molecule has 5 nitrogen and oxygen atoms in total. The number of carbonyl (C=O) groups excluding carboxylic acids is 1. The van der Waals surface area contributed by atoms with Crippen LogP contribution in [-0.4, -0.2) is 39.2 Å². The van der Waals surface area contributed by atoms with E-state index in [4.69, 9.17) is 4.98 Å². The van der Waals surface area contributed by atoms with E-state index in [1.54, 1.807) is 15.9 Å². The first kappa shape index (κ1) is 19.8. The van der Waals surface area contributed by atoms with Crippen molar-refractivity contribution in [1.29, 1.82) is 0 Å². The predicted molar refractivity (Wildman–Crippen MR) is 123 cm³/mol. The largest absolute Gasteiger partial charge is 0.342 e. The van der Waals surface area contributed by atoms with Crippen molar-refractivity contribution in [2.75, 3.05) is 18.8 Å². The van der Waals surface area contributed by atoms with E-state index in [0.717, 1.165) is 66.7 Å². The lowest BCUT2D eigenvalue weighted by molar-refractivity contribution is -0.129. The molecule has 0 unspecified atom stereocenters. The molecule has 0 spiro atoms. The van der Waals surface area contributed by atoms with Crippen molar-refractivity contribution in [1.82, 2.24) is 14.5 Å². The van der Waals surface area contributed by atoms with Gasteiger partial charge in [0.05, 0.1) is 16.8 Å². The van der Waals surface area contributed by atoms with E-state index in [0.29, 0.717) is 10.9 Å². The number of nitrogens with zero attached hydrogens (tertiary/aromatic N) is 3. The van der Waals surface area contributed by atoms with Crippen LogP contribution in [0.3, 0.4) is 0 Å². The molecule has 0 saturated carbocycles. The van der Waals surface area contributed by atoms with Gasteiger partial charge in [0.1, 0.15) is 4.83 Å². The van der Waals surface area contributed by atoms with E-state index in [-0.39, 0.29) is 11.5 Å². The summed E-state index contributed by atoms with van der Waals surface area (Å²) in [6.45, 7) is 3.69. The summed E-state index contributed by atoms with van der Waals surface area (Å²) in [6, 6.07) is 7.90. The maximum absolute atomic E-state index is 13.7. The van der Waals surface area contributed by atoms with Crippen LogP contribution in [0.15, 0.2) is 34.2 Å². The zero-order chi connectivity index (χ0) is 20.7. The second-order valence-electron chi connectivity index (χ2n) is 8.09. The number of amides is 1. The Morgan fingerprint density at radius 3 is 2.73 bits per heavy atom. The lowest BCUT2D eigenvalue weighted by Crippen LogP contribution is -2.36. The fraction of sp³-hybridized carbons (Fsp3) is 0.435. The Hall–Kier alpha value is -2.12. The summed E-state index contributed by atoms with van der Waals surface area (Å²) < 4.78 is 1.73. The van der Waals surface area contributed by atoms with Gasteiger partial charge in [-0.15, -0.1) is 11.3 Å². The predicted octanol–water partition coefficient (Wildman–Crippen LogP) is 4.35. The number of rotatable bonds is 4. The lowest BCUT2D eigenvalue weighted by Gasteiger charge is -2.26. The molecule has 30 heavy (non-hydrogen) atoms. The first-order valence-corrected chi connectivity index (χ1v) is 12.5. The van der Waals surface area contributed by atoms with Crippen molar-refractivity contribution >= 4 is 39.2 Å². The molecule has 2 aromatic heterocycles. The number of thiophene rings is 1. The van der Waals surface area contributed by atoms with E-state index in [9.17, 15) is 9.59 Å². The summed E-state index contributed by atoms with van der Waals surface area (Å²) in [7, 11) is 0. The molecule has 1 fully saturated rings. The highest BCUT2D eigenvalue weighted by Crippen LogP contribution is 2.36. The van der Waals surface area contributed by atoms with Gasteiger partial charge in [-0.1, -0.05) is 30.0 Å². The molecule has 1 aliphatic heterocycles. The molecule has 2 aliphatic rings. The second-order valence-corrected chi connectivity index (χ2v) is 10.1. The van der Waals surface area contributed by atoms with Crippen molar-refractivity contribution in [3.63, 3.8) is 0 Å². The van der Waals surface area contributed by atoms with Gasteiger partial charge in [0, 0.05) is 18.0 Å². The number of aryl methyl sites for hydroxylation is 3. The van der Waals surface area contributed by atoms with Gasteiger partial charge >= 0.3 is 0 Å². The van der Waals surface area contributed by atoms with Crippen LogP contribution in [0.1, 0.15) is 41.7 Å². The highest BCUT2D eigenvalue weighted by Gasteiger charge is 2.25. The average molecular weight is 440 g/mol. The molecule has 1 aromatic carbocycles. The molecule has 0 atom stereocenters. The quantitative estimate of drug-likeness (QED) is 0.448. The van der Waals surface area contributed by atoms with Crippen LogP contribution in [0.5, 0.6) is 0 Å². The van der Waals surface area contributed by atoms with Gasteiger partial charge in [-0.3, -0.25) is 14.2 Å². The van der Waals surface area contributed by atoms with Crippen LogP contribution in [0, 0.1) is 6.92 Å². The van der Waals surface area contributed by atoms with Gasteiger partial charge in [-0.05, 0) is 62.6 Å². The SMILES string of the molecule is Cc1ccccc1-n1c(SCC(=O)N2CCCCC2)nc2sc3c(c2c1=O)CCC3. The Morgan fingerprint density at radius 1 is 1.13 bits per heavy atom. The number of piperidine rings is 1. The van der Waals surface area contributed by atoms with Crippen molar-refractivity contribution in [2.24, 2.45) is 0 Å². The first-order valence-electron chi connectivity index (χ1n) is 10.7. The normalized spacial score (nSPS) is 16.2. The summed E-state index contributed by atoms with van der Waals surface area (Å²) in [4.78, 5) is 35.4. The highest BCUT2D eigenvalue weighted by atomic mass is 32.2. The van der Waals surface area contributed by atoms with E-state index in [2.05, 4.69) is 0 Å². The maximum atomic E-state index is 13.7. The average Bonchev–Trinajstić information content (AvgIpc) is 3.34. The van der Waals surface area contributed by atoms with Gasteiger partial charge in [-0.25, -0.2) is 4.98 Å². The minimum atomic E-state index is 0.00150. The van der Waals surface area contributed by atoms with Gasteiger partial charge < -0.3 is 4.90 Å². The van der Waals surface area contributed by atoms with Gasteiger partial charge in [0.25, 0.3) is 5.56 Å². The number of aromatic nitrogens is 2. The standard InChI is InChI=1S/C23H25N3O2S2/c1-15-8-3-4-10-17(15)26-22(28)20-16-9-7-11-18(16)30-21(20)24-23(26)29-14-19(27)25-12-5-2-6-13-25/h3-4,8,10H,2,5-7,9,11-14H2,1H3. The van der Waals surface area contributed by atoms with Crippen molar-refractivity contribution in [3.05, 3.63) is 50.6 Å².